The van der Waals surface area contributed by atoms with Gasteiger partial charge in [-0.1, -0.05) is 36.8 Å². The number of likely N-dealkylation sites (N-methyl/N-ethyl adjacent to an activating group) is 1. The highest BCUT2D eigenvalue weighted by atomic mass is 16.5. The van der Waals surface area contributed by atoms with Crippen molar-refractivity contribution >= 4 is 5.96 Å². The number of hydrogen-bond donors (Lipinski definition) is 2. The zero-order valence-electron chi connectivity index (χ0n) is 15.2. The van der Waals surface area contributed by atoms with Crippen molar-refractivity contribution in [3.05, 3.63) is 35.4 Å². The molecule has 130 valence electrons. The van der Waals surface area contributed by atoms with Crippen molar-refractivity contribution in [1.29, 1.82) is 0 Å². The molecule has 0 fully saturated rings. The number of aryl methyl sites for hydroxylation is 1. The Hall–Kier alpha value is -1.59. The van der Waals surface area contributed by atoms with Gasteiger partial charge >= 0.3 is 0 Å². The number of benzene rings is 1. The van der Waals surface area contributed by atoms with E-state index < -0.39 is 0 Å². The minimum absolute atomic E-state index is 0.442. The van der Waals surface area contributed by atoms with Gasteiger partial charge in [0.25, 0.3) is 0 Å². The van der Waals surface area contributed by atoms with Crippen LogP contribution in [0, 0.1) is 6.92 Å². The van der Waals surface area contributed by atoms with Gasteiger partial charge in [-0.2, -0.15) is 0 Å². The summed E-state index contributed by atoms with van der Waals surface area (Å²) in [6, 6.07) is 8.67. The van der Waals surface area contributed by atoms with Crippen molar-refractivity contribution in [2.24, 2.45) is 4.99 Å². The molecule has 0 amide bonds. The van der Waals surface area contributed by atoms with Crippen LogP contribution in [0.1, 0.15) is 24.0 Å². The first-order valence-corrected chi connectivity index (χ1v) is 8.25. The fourth-order valence-corrected chi connectivity index (χ4v) is 2.29. The molecule has 1 rings (SSSR count). The van der Waals surface area contributed by atoms with E-state index >= 15 is 0 Å². The van der Waals surface area contributed by atoms with E-state index in [4.69, 9.17) is 4.74 Å². The number of rotatable bonds is 9. The first-order chi connectivity index (χ1) is 11.1. The first kappa shape index (κ1) is 19.5. The number of aliphatic imine (C=N–C) groups is 1. The van der Waals surface area contributed by atoms with E-state index in [2.05, 4.69) is 65.7 Å². The Bertz CT molecular complexity index is 476. The fraction of sp³-hybridized carbons (Fsp3) is 0.611. The molecule has 0 bridgehead atoms. The molecule has 0 spiro atoms. The molecule has 0 aliphatic carbocycles. The highest BCUT2D eigenvalue weighted by Gasteiger charge is 2.07. The molecule has 23 heavy (non-hydrogen) atoms. The lowest BCUT2D eigenvalue weighted by Gasteiger charge is -2.19. The maximum atomic E-state index is 5.08. The number of methoxy groups -OCH3 is 1. The molecule has 0 saturated carbocycles. The lowest BCUT2D eigenvalue weighted by molar-refractivity contribution is 0.162. The average Bonchev–Trinajstić information content (AvgIpc) is 2.55. The summed E-state index contributed by atoms with van der Waals surface area (Å²) >= 11 is 0. The summed E-state index contributed by atoms with van der Waals surface area (Å²) in [6.45, 7) is 8.74. The molecule has 0 aliphatic rings. The van der Waals surface area contributed by atoms with Crippen LogP contribution in [-0.4, -0.2) is 64.9 Å². The SMILES string of the molecule is CN=C(NCCN(C)CCOC)NCC(C)c1cccc(C)c1. The summed E-state index contributed by atoms with van der Waals surface area (Å²) in [4.78, 5) is 6.52. The van der Waals surface area contributed by atoms with E-state index in [0.29, 0.717) is 5.92 Å². The van der Waals surface area contributed by atoms with Crippen LogP contribution in [0.2, 0.25) is 0 Å². The van der Waals surface area contributed by atoms with Gasteiger partial charge in [0.05, 0.1) is 6.61 Å². The van der Waals surface area contributed by atoms with Gasteiger partial charge in [-0.3, -0.25) is 4.99 Å². The number of ether oxygens (including phenoxy) is 1. The van der Waals surface area contributed by atoms with Gasteiger partial charge in [0.1, 0.15) is 0 Å². The molecule has 1 aromatic rings. The summed E-state index contributed by atoms with van der Waals surface area (Å²) < 4.78 is 5.08. The van der Waals surface area contributed by atoms with Gasteiger partial charge in [0, 0.05) is 40.3 Å². The van der Waals surface area contributed by atoms with Crippen molar-refractivity contribution in [3.8, 4) is 0 Å². The number of nitrogens with one attached hydrogen (secondary N) is 2. The van der Waals surface area contributed by atoms with Crippen LogP contribution in [0.5, 0.6) is 0 Å². The summed E-state index contributed by atoms with van der Waals surface area (Å²) in [5.74, 6) is 1.29. The van der Waals surface area contributed by atoms with E-state index in [9.17, 15) is 0 Å². The van der Waals surface area contributed by atoms with Crippen LogP contribution in [0.4, 0.5) is 0 Å². The summed E-state index contributed by atoms with van der Waals surface area (Å²) in [5.41, 5.74) is 2.66. The highest BCUT2D eigenvalue weighted by molar-refractivity contribution is 5.79. The lowest BCUT2D eigenvalue weighted by Crippen LogP contribution is -2.42. The van der Waals surface area contributed by atoms with Crippen LogP contribution in [0.25, 0.3) is 0 Å². The Morgan fingerprint density at radius 3 is 2.74 bits per heavy atom. The Labute approximate surface area is 141 Å². The Morgan fingerprint density at radius 2 is 2.09 bits per heavy atom. The number of hydrogen-bond acceptors (Lipinski definition) is 3. The van der Waals surface area contributed by atoms with E-state index in [0.717, 1.165) is 38.7 Å². The molecule has 1 atom stereocenters. The Morgan fingerprint density at radius 1 is 1.30 bits per heavy atom. The van der Waals surface area contributed by atoms with Gasteiger partial charge in [-0.05, 0) is 25.5 Å². The topological polar surface area (TPSA) is 48.9 Å². The average molecular weight is 320 g/mol. The molecule has 1 aromatic carbocycles. The quantitative estimate of drug-likeness (QED) is 0.538. The normalized spacial score (nSPS) is 13.2. The zero-order chi connectivity index (χ0) is 17.1. The summed E-state index contributed by atoms with van der Waals surface area (Å²) in [5, 5.41) is 6.75. The molecule has 0 aromatic heterocycles. The summed E-state index contributed by atoms with van der Waals surface area (Å²) in [6.07, 6.45) is 0. The monoisotopic (exact) mass is 320 g/mol. The Balaban J connectivity index is 2.31. The van der Waals surface area contributed by atoms with Crippen LogP contribution in [0.3, 0.4) is 0 Å². The third kappa shape index (κ3) is 8.00. The second kappa shape index (κ2) is 11.0. The van der Waals surface area contributed by atoms with Gasteiger partial charge in [-0.25, -0.2) is 0 Å². The summed E-state index contributed by atoms with van der Waals surface area (Å²) in [7, 11) is 5.63. The molecule has 0 aliphatic heterocycles. The molecule has 0 saturated heterocycles. The van der Waals surface area contributed by atoms with Crippen LogP contribution in [-0.2, 0) is 4.74 Å². The van der Waals surface area contributed by atoms with Crippen LogP contribution < -0.4 is 10.6 Å². The molecule has 5 nitrogen and oxygen atoms in total. The molecular formula is C18H32N4O. The molecule has 1 unspecified atom stereocenters. The van der Waals surface area contributed by atoms with E-state index in [1.807, 2.05) is 0 Å². The van der Waals surface area contributed by atoms with Crippen LogP contribution in [0.15, 0.2) is 29.3 Å². The predicted octanol–water partition coefficient (Wildman–Crippen LogP) is 1.84. The van der Waals surface area contributed by atoms with E-state index in [-0.39, 0.29) is 0 Å². The maximum absolute atomic E-state index is 5.08. The largest absolute Gasteiger partial charge is 0.383 e. The maximum Gasteiger partial charge on any atom is 0.191 e. The number of guanidine groups is 1. The smallest absolute Gasteiger partial charge is 0.191 e. The lowest BCUT2D eigenvalue weighted by atomic mass is 9.99. The second-order valence-corrected chi connectivity index (χ2v) is 5.99. The van der Waals surface area contributed by atoms with E-state index in [1.165, 1.54) is 11.1 Å². The minimum atomic E-state index is 0.442. The van der Waals surface area contributed by atoms with Gasteiger partial charge in [0.2, 0.25) is 0 Å². The third-order valence-electron chi connectivity index (χ3n) is 3.87. The highest BCUT2D eigenvalue weighted by Crippen LogP contribution is 2.15. The van der Waals surface area contributed by atoms with Gasteiger partial charge < -0.3 is 20.3 Å². The Kier molecular flexibility index (Phi) is 9.33. The van der Waals surface area contributed by atoms with Gasteiger partial charge in [0.15, 0.2) is 5.96 Å². The molecule has 0 heterocycles. The van der Waals surface area contributed by atoms with Crippen molar-refractivity contribution in [1.82, 2.24) is 15.5 Å². The van der Waals surface area contributed by atoms with Crippen molar-refractivity contribution in [2.75, 3.05) is 54.0 Å². The molecule has 2 N–H and O–H groups in total. The fourth-order valence-electron chi connectivity index (χ4n) is 2.29. The molecular weight excluding hydrogens is 288 g/mol. The second-order valence-electron chi connectivity index (χ2n) is 5.99. The standard InChI is InChI=1S/C18H32N4O/c1-15-7-6-8-17(13-15)16(2)14-21-18(19-3)20-9-10-22(4)11-12-23-5/h6-8,13,16H,9-12,14H2,1-5H3,(H2,19,20,21). The van der Waals surface area contributed by atoms with Crippen molar-refractivity contribution in [3.63, 3.8) is 0 Å². The van der Waals surface area contributed by atoms with Crippen LogP contribution >= 0.6 is 0 Å². The first-order valence-electron chi connectivity index (χ1n) is 8.25. The zero-order valence-corrected chi connectivity index (χ0v) is 15.2. The van der Waals surface area contributed by atoms with Crippen molar-refractivity contribution in [2.45, 2.75) is 19.8 Å². The van der Waals surface area contributed by atoms with Crippen molar-refractivity contribution < 1.29 is 4.74 Å². The predicted molar refractivity (Wildman–Crippen MR) is 98.3 cm³/mol. The molecule has 0 radical (unpaired) electrons. The van der Waals surface area contributed by atoms with E-state index in [1.54, 1.807) is 14.2 Å². The number of nitrogens with zero attached hydrogens (tertiary/aromatic N) is 2. The van der Waals surface area contributed by atoms with Gasteiger partial charge in [-0.15, -0.1) is 0 Å². The third-order valence-corrected chi connectivity index (χ3v) is 3.87. The minimum Gasteiger partial charge on any atom is -0.383 e. The molecule has 5 heteroatoms.